The molecule has 0 saturated carbocycles. The Labute approximate surface area is 187 Å². The molecule has 0 bridgehead atoms. The van der Waals surface area contributed by atoms with Gasteiger partial charge >= 0.3 is 0 Å². The third-order valence-electron chi connectivity index (χ3n) is 5.59. The SMILES string of the molecule is CCN(CC)C(=O)C1CN(c2cc(C)cc(Nc3ncn(-c4cc(F)cc(F)c4)n3)c2)C1.[HH]. The summed E-state index contributed by atoms with van der Waals surface area (Å²) in [6.07, 6.45) is 1.39. The van der Waals surface area contributed by atoms with E-state index < -0.39 is 11.6 Å². The van der Waals surface area contributed by atoms with E-state index in [-0.39, 0.29) is 18.9 Å². The smallest absolute Gasteiger partial charge is 0.246 e. The van der Waals surface area contributed by atoms with Crippen LogP contribution in [0.1, 0.15) is 20.8 Å². The van der Waals surface area contributed by atoms with Gasteiger partial charge in [0.2, 0.25) is 11.9 Å². The average Bonchev–Trinajstić information content (AvgIpc) is 3.15. The van der Waals surface area contributed by atoms with E-state index in [0.29, 0.717) is 19.0 Å². The highest BCUT2D eigenvalue weighted by atomic mass is 19.1. The van der Waals surface area contributed by atoms with Gasteiger partial charge in [0.25, 0.3) is 0 Å². The minimum atomic E-state index is -0.680. The Bertz CT molecular complexity index is 1110. The maximum absolute atomic E-state index is 13.5. The molecule has 7 nitrogen and oxygen atoms in total. The topological polar surface area (TPSA) is 66.3 Å². The summed E-state index contributed by atoms with van der Waals surface area (Å²) in [4.78, 5) is 20.8. The monoisotopic (exact) mass is 442 g/mol. The molecule has 0 unspecified atom stereocenters. The summed E-state index contributed by atoms with van der Waals surface area (Å²) in [6.45, 7) is 8.83. The molecule has 9 heteroatoms. The summed E-state index contributed by atoms with van der Waals surface area (Å²) in [7, 11) is 0. The predicted octanol–water partition coefficient (Wildman–Crippen LogP) is 4.15. The van der Waals surface area contributed by atoms with Crippen molar-refractivity contribution in [2.24, 2.45) is 5.92 Å². The molecular weight excluding hydrogens is 414 g/mol. The number of carbonyl (C=O) groups is 1. The molecule has 1 amide bonds. The van der Waals surface area contributed by atoms with Crippen LogP contribution in [0, 0.1) is 24.5 Å². The lowest BCUT2D eigenvalue weighted by Crippen LogP contribution is -2.54. The van der Waals surface area contributed by atoms with E-state index in [9.17, 15) is 13.6 Å². The van der Waals surface area contributed by atoms with Crippen LogP contribution in [-0.2, 0) is 4.79 Å². The van der Waals surface area contributed by atoms with Crippen LogP contribution in [0.2, 0.25) is 0 Å². The van der Waals surface area contributed by atoms with Crippen molar-refractivity contribution >= 4 is 23.2 Å². The Hall–Kier alpha value is -3.49. The van der Waals surface area contributed by atoms with E-state index >= 15 is 0 Å². The van der Waals surface area contributed by atoms with Gasteiger partial charge in [0.15, 0.2) is 0 Å². The van der Waals surface area contributed by atoms with Crippen LogP contribution in [0.4, 0.5) is 26.1 Å². The van der Waals surface area contributed by atoms with E-state index in [1.165, 1.54) is 23.1 Å². The molecule has 32 heavy (non-hydrogen) atoms. The first-order valence-electron chi connectivity index (χ1n) is 10.7. The van der Waals surface area contributed by atoms with Gasteiger partial charge in [0.05, 0.1) is 11.6 Å². The molecular formula is C23H28F2N6O. The van der Waals surface area contributed by atoms with E-state index in [0.717, 1.165) is 36.1 Å². The summed E-state index contributed by atoms with van der Waals surface area (Å²) >= 11 is 0. The van der Waals surface area contributed by atoms with Crippen molar-refractivity contribution in [3.63, 3.8) is 0 Å². The Morgan fingerprint density at radius 1 is 1.09 bits per heavy atom. The van der Waals surface area contributed by atoms with Gasteiger partial charge in [-0.05, 0) is 56.7 Å². The number of aromatic nitrogens is 3. The first-order valence-corrected chi connectivity index (χ1v) is 10.7. The Morgan fingerprint density at radius 3 is 2.44 bits per heavy atom. The molecule has 1 aliphatic rings. The summed E-state index contributed by atoms with van der Waals surface area (Å²) in [5.74, 6) is -0.817. The number of halogens is 2. The van der Waals surface area contributed by atoms with Crippen molar-refractivity contribution < 1.29 is 15.0 Å². The van der Waals surface area contributed by atoms with Gasteiger partial charge in [-0.25, -0.2) is 13.5 Å². The first kappa shape index (κ1) is 21.7. The van der Waals surface area contributed by atoms with Crippen molar-refractivity contribution in [2.45, 2.75) is 20.8 Å². The number of nitrogens with zero attached hydrogens (tertiary/aromatic N) is 5. The highest BCUT2D eigenvalue weighted by molar-refractivity contribution is 5.82. The molecule has 1 aromatic heterocycles. The Balaban J connectivity index is 0.00000306. The Kier molecular flexibility index (Phi) is 6.07. The fraction of sp³-hybridized carbons (Fsp3) is 0.348. The third-order valence-corrected chi connectivity index (χ3v) is 5.59. The molecule has 1 saturated heterocycles. The van der Waals surface area contributed by atoms with E-state index in [4.69, 9.17) is 0 Å². The quantitative estimate of drug-likeness (QED) is 0.596. The fourth-order valence-electron chi connectivity index (χ4n) is 3.90. The zero-order valence-electron chi connectivity index (χ0n) is 18.3. The molecule has 1 N–H and O–H groups in total. The molecule has 4 rings (SSSR count). The molecule has 3 aromatic rings. The van der Waals surface area contributed by atoms with Crippen molar-refractivity contribution in [2.75, 3.05) is 36.4 Å². The van der Waals surface area contributed by atoms with Gasteiger partial charge in [-0.1, -0.05) is 0 Å². The van der Waals surface area contributed by atoms with Gasteiger partial charge in [0, 0.05) is 45.0 Å². The van der Waals surface area contributed by atoms with Crippen molar-refractivity contribution in [3.8, 4) is 5.69 Å². The number of benzene rings is 2. The van der Waals surface area contributed by atoms with Crippen molar-refractivity contribution in [1.82, 2.24) is 19.7 Å². The lowest BCUT2D eigenvalue weighted by molar-refractivity contribution is -0.135. The molecule has 1 aliphatic heterocycles. The summed E-state index contributed by atoms with van der Waals surface area (Å²) in [5.41, 5.74) is 3.11. The molecule has 0 atom stereocenters. The van der Waals surface area contributed by atoms with Gasteiger partial charge in [-0.3, -0.25) is 4.79 Å². The number of carbonyl (C=O) groups excluding carboxylic acids is 1. The molecule has 170 valence electrons. The van der Waals surface area contributed by atoms with E-state index in [1.807, 2.05) is 37.8 Å². The number of aryl methyl sites for hydroxylation is 1. The number of hydrogen-bond acceptors (Lipinski definition) is 5. The molecule has 2 heterocycles. The van der Waals surface area contributed by atoms with Crippen LogP contribution in [-0.4, -0.2) is 51.8 Å². The van der Waals surface area contributed by atoms with Gasteiger partial charge in [0.1, 0.15) is 18.0 Å². The lowest BCUT2D eigenvalue weighted by Gasteiger charge is -2.42. The molecule has 0 radical (unpaired) electrons. The van der Waals surface area contributed by atoms with Gasteiger partial charge in [-0.15, -0.1) is 5.10 Å². The second kappa shape index (κ2) is 8.94. The predicted molar refractivity (Wildman–Crippen MR) is 121 cm³/mol. The Morgan fingerprint density at radius 2 is 1.78 bits per heavy atom. The molecule has 0 aliphatic carbocycles. The van der Waals surface area contributed by atoms with Crippen LogP contribution in [0.3, 0.4) is 0 Å². The number of hydrogen-bond donors (Lipinski definition) is 1. The first-order chi connectivity index (χ1) is 15.4. The number of rotatable bonds is 7. The minimum Gasteiger partial charge on any atom is -0.370 e. The van der Waals surface area contributed by atoms with Crippen LogP contribution in [0.25, 0.3) is 5.69 Å². The molecule has 0 spiro atoms. The minimum absolute atomic E-state index is 0. The van der Waals surface area contributed by atoms with Gasteiger partial charge in [-0.2, -0.15) is 4.98 Å². The number of amides is 1. The van der Waals surface area contributed by atoms with Crippen LogP contribution >= 0.6 is 0 Å². The highest BCUT2D eigenvalue weighted by Crippen LogP contribution is 2.30. The second-order valence-electron chi connectivity index (χ2n) is 7.94. The maximum Gasteiger partial charge on any atom is 0.246 e. The van der Waals surface area contributed by atoms with E-state index in [1.54, 1.807) is 0 Å². The summed E-state index contributed by atoms with van der Waals surface area (Å²) < 4.78 is 28.3. The maximum atomic E-state index is 13.5. The van der Waals surface area contributed by atoms with E-state index in [2.05, 4.69) is 26.4 Å². The summed E-state index contributed by atoms with van der Waals surface area (Å²) in [6, 6.07) is 9.20. The zero-order chi connectivity index (χ0) is 22.8. The van der Waals surface area contributed by atoms with Crippen LogP contribution < -0.4 is 10.2 Å². The standard InChI is InChI=1S/C23H26F2N6O.H2/c1-4-29(5-2)22(32)16-12-30(13-16)20-7-15(3)6-19(11-20)27-23-26-14-31(28-23)21-9-17(24)8-18(25)10-21;/h6-11,14,16H,4-5,12-13H2,1-3H3,(H,27,28);1H. The highest BCUT2D eigenvalue weighted by Gasteiger charge is 2.34. The van der Waals surface area contributed by atoms with Crippen molar-refractivity contribution in [3.05, 3.63) is 59.9 Å². The van der Waals surface area contributed by atoms with Crippen LogP contribution in [0.15, 0.2) is 42.7 Å². The second-order valence-corrected chi connectivity index (χ2v) is 7.94. The van der Waals surface area contributed by atoms with Crippen LogP contribution in [0.5, 0.6) is 0 Å². The third kappa shape index (κ3) is 4.56. The number of nitrogens with one attached hydrogen (secondary N) is 1. The van der Waals surface area contributed by atoms with Gasteiger partial charge < -0.3 is 15.1 Å². The summed E-state index contributed by atoms with van der Waals surface area (Å²) in [5, 5.41) is 7.41. The lowest BCUT2D eigenvalue weighted by atomic mass is 9.97. The normalized spacial score (nSPS) is 13.7. The largest absolute Gasteiger partial charge is 0.370 e. The fourth-order valence-corrected chi connectivity index (χ4v) is 3.90. The molecule has 1 fully saturated rings. The average molecular weight is 443 g/mol. The zero-order valence-corrected chi connectivity index (χ0v) is 18.3. The molecule has 2 aromatic carbocycles. The number of anilines is 3. The van der Waals surface area contributed by atoms with Crippen molar-refractivity contribution in [1.29, 1.82) is 0 Å².